The fraction of sp³-hybridized carbons (Fsp3) is 0.368. The molecule has 2 nitrogen and oxygen atoms in total. The van der Waals surface area contributed by atoms with E-state index in [1.807, 2.05) is 24.3 Å². The van der Waals surface area contributed by atoms with Crippen molar-refractivity contribution in [1.29, 1.82) is 0 Å². The first kappa shape index (κ1) is 15.2. The average molecular weight is 348 g/mol. The lowest BCUT2D eigenvalue weighted by molar-refractivity contribution is 0.0453. The van der Waals surface area contributed by atoms with Crippen molar-refractivity contribution in [1.82, 2.24) is 0 Å². The van der Waals surface area contributed by atoms with Crippen molar-refractivity contribution in [2.24, 2.45) is 0 Å². The van der Waals surface area contributed by atoms with Crippen molar-refractivity contribution in [3.8, 4) is 5.75 Å². The Kier molecular flexibility index (Phi) is 3.90. The number of para-hydroxylation sites is 1. The van der Waals surface area contributed by atoms with Crippen LogP contribution in [0.1, 0.15) is 43.7 Å². The second-order valence-electron chi connectivity index (χ2n) is 6.56. The summed E-state index contributed by atoms with van der Waals surface area (Å²) in [4.78, 5) is 0. The van der Waals surface area contributed by atoms with E-state index in [-0.39, 0.29) is 11.6 Å². The van der Waals surface area contributed by atoms with Gasteiger partial charge in [0.2, 0.25) is 0 Å². The molecule has 1 fully saturated rings. The molecule has 0 saturated heterocycles. The van der Waals surface area contributed by atoms with Gasteiger partial charge in [-0.25, -0.2) is 0 Å². The molecule has 2 aliphatic rings. The summed E-state index contributed by atoms with van der Waals surface area (Å²) in [7, 11) is 0. The molecule has 2 aromatic carbocycles. The molecule has 1 unspecified atom stereocenters. The van der Waals surface area contributed by atoms with Crippen molar-refractivity contribution in [2.45, 2.75) is 43.7 Å². The number of benzene rings is 2. The van der Waals surface area contributed by atoms with Crippen LogP contribution in [0.5, 0.6) is 5.75 Å². The Morgan fingerprint density at radius 2 is 1.78 bits per heavy atom. The van der Waals surface area contributed by atoms with Crippen LogP contribution in [-0.4, -0.2) is 5.60 Å². The zero-order chi connectivity index (χ0) is 15.9. The van der Waals surface area contributed by atoms with Gasteiger partial charge in [-0.2, -0.15) is 0 Å². The molecule has 23 heavy (non-hydrogen) atoms. The second kappa shape index (κ2) is 5.92. The monoisotopic (exact) mass is 347 g/mol. The summed E-state index contributed by atoms with van der Waals surface area (Å²) in [6, 6.07) is 14.3. The number of fused-ring (bicyclic) bond motifs is 1. The summed E-state index contributed by atoms with van der Waals surface area (Å²) >= 11 is 12.2. The van der Waals surface area contributed by atoms with Gasteiger partial charge in [-0.15, -0.1) is 0 Å². The molecule has 120 valence electrons. The zero-order valence-corrected chi connectivity index (χ0v) is 14.3. The third-order valence-electron chi connectivity index (χ3n) is 4.97. The van der Waals surface area contributed by atoms with E-state index in [1.165, 1.54) is 18.4 Å². The molecular formula is C19H19Cl2NO. The predicted octanol–water partition coefficient (Wildman–Crippen LogP) is 6.24. The van der Waals surface area contributed by atoms with Crippen LogP contribution in [0.15, 0.2) is 42.5 Å². The van der Waals surface area contributed by atoms with Crippen molar-refractivity contribution in [3.63, 3.8) is 0 Å². The molecule has 1 saturated carbocycles. The van der Waals surface area contributed by atoms with Crippen molar-refractivity contribution >= 4 is 28.9 Å². The maximum atomic E-state index is 6.40. The van der Waals surface area contributed by atoms with E-state index in [9.17, 15) is 0 Å². The van der Waals surface area contributed by atoms with Crippen LogP contribution in [-0.2, 0) is 0 Å². The van der Waals surface area contributed by atoms with E-state index in [0.717, 1.165) is 30.7 Å². The highest BCUT2D eigenvalue weighted by atomic mass is 35.5. The summed E-state index contributed by atoms with van der Waals surface area (Å²) in [6.45, 7) is 0. The smallest absolute Gasteiger partial charge is 0.125 e. The molecular weight excluding hydrogens is 329 g/mol. The van der Waals surface area contributed by atoms with E-state index < -0.39 is 0 Å². The Bertz CT molecular complexity index is 725. The molecule has 0 aromatic heterocycles. The van der Waals surface area contributed by atoms with Gasteiger partial charge in [-0.05, 0) is 49.9 Å². The van der Waals surface area contributed by atoms with Gasteiger partial charge in [-0.3, -0.25) is 0 Å². The molecule has 1 heterocycles. The molecule has 1 spiro atoms. The first-order valence-electron chi connectivity index (χ1n) is 8.15. The van der Waals surface area contributed by atoms with Crippen molar-refractivity contribution < 1.29 is 4.74 Å². The minimum atomic E-state index is -0.0117. The minimum absolute atomic E-state index is 0.0117. The topological polar surface area (TPSA) is 21.3 Å². The Morgan fingerprint density at radius 1 is 1.00 bits per heavy atom. The molecule has 0 radical (unpaired) electrons. The Hall–Kier alpha value is -1.38. The van der Waals surface area contributed by atoms with Gasteiger partial charge >= 0.3 is 0 Å². The number of hydrogen-bond donors (Lipinski definition) is 1. The molecule has 0 bridgehead atoms. The highest BCUT2D eigenvalue weighted by Crippen LogP contribution is 2.48. The SMILES string of the molecule is Clc1ccc(NC2CC3(CCCC3)Oc3ccccc32)cc1Cl. The third kappa shape index (κ3) is 2.90. The molecule has 1 N–H and O–H groups in total. The lowest BCUT2D eigenvalue weighted by atomic mass is 9.86. The third-order valence-corrected chi connectivity index (χ3v) is 5.71. The lowest BCUT2D eigenvalue weighted by Crippen LogP contribution is -2.40. The summed E-state index contributed by atoms with van der Waals surface area (Å²) in [5.41, 5.74) is 2.20. The second-order valence-corrected chi connectivity index (χ2v) is 7.37. The van der Waals surface area contributed by atoms with Crippen LogP contribution in [0.25, 0.3) is 0 Å². The van der Waals surface area contributed by atoms with E-state index in [1.54, 1.807) is 0 Å². The highest BCUT2D eigenvalue weighted by Gasteiger charge is 2.42. The van der Waals surface area contributed by atoms with Gasteiger partial charge in [0.15, 0.2) is 0 Å². The maximum absolute atomic E-state index is 6.40. The largest absolute Gasteiger partial charge is 0.487 e. The van der Waals surface area contributed by atoms with Crippen LogP contribution < -0.4 is 10.1 Å². The predicted molar refractivity (Wildman–Crippen MR) is 95.7 cm³/mol. The van der Waals surface area contributed by atoms with Crippen LogP contribution in [0.2, 0.25) is 10.0 Å². The number of ether oxygens (including phenoxy) is 1. The number of hydrogen-bond acceptors (Lipinski definition) is 2. The van der Waals surface area contributed by atoms with Gasteiger partial charge in [-0.1, -0.05) is 41.4 Å². The summed E-state index contributed by atoms with van der Waals surface area (Å²) in [5, 5.41) is 4.79. The number of halogens is 2. The van der Waals surface area contributed by atoms with E-state index in [0.29, 0.717) is 10.0 Å². The summed E-state index contributed by atoms with van der Waals surface area (Å²) < 4.78 is 6.40. The first-order valence-corrected chi connectivity index (χ1v) is 8.90. The van der Waals surface area contributed by atoms with Crippen LogP contribution in [0.4, 0.5) is 5.69 Å². The molecule has 2 aromatic rings. The van der Waals surface area contributed by atoms with Gasteiger partial charge in [0, 0.05) is 17.7 Å². The fourth-order valence-corrected chi connectivity index (χ4v) is 4.16. The molecule has 0 amide bonds. The zero-order valence-electron chi connectivity index (χ0n) is 12.8. The van der Waals surface area contributed by atoms with Gasteiger partial charge in [0.1, 0.15) is 11.4 Å². The maximum Gasteiger partial charge on any atom is 0.125 e. The standard InChI is InChI=1S/C19H19Cl2NO/c20-15-8-7-13(11-16(15)21)22-17-12-19(9-3-4-10-19)23-18-6-2-1-5-14(17)18/h1-2,5-8,11,17,22H,3-4,9-10,12H2. The van der Waals surface area contributed by atoms with Crippen LogP contribution >= 0.6 is 23.2 Å². The number of nitrogens with one attached hydrogen (secondary N) is 1. The quantitative estimate of drug-likeness (QED) is 0.693. The first-order chi connectivity index (χ1) is 11.2. The molecule has 1 aliphatic heterocycles. The Morgan fingerprint density at radius 3 is 2.57 bits per heavy atom. The number of anilines is 1. The minimum Gasteiger partial charge on any atom is -0.487 e. The molecule has 4 rings (SSSR count). The Labute approximate surface area is 146 Å². The summed E-state index contributed by atoms with van der Waals surface area (Å²) in [5.74, 6) is 1.01. The van der Waals surface area contributed by atoms with Crippen LogP contribution in [0.3, 0.4) is 0 Å². The molecule has 4 heteroatoms. The normalized spacial score (nSPS) is 21.7. The average Bonchev–Trinajstić information content (AvgIpc) is 2.98. The van der Waals surface area contributed by atoms with Crippen molar-refractivity contribution in [2.75, 3.05) is 5.32 Å². The molecule has 1 atom stereocenters. The van der Waals surface area contributed by atoms with E-state index >= 15 is 0 Å². The fourth-order valence-electron chi connectivity index (χ4n) is 3.86. The number of rotatable bonds is 2. The van der Waals surface area contributed by atoms with E-state index in [4.69, 9.17) is 27.9 Å². The van der Waals surface area contributed by atoms with E-state index in [2.05, 4.69) is 23.5 Å². The molecule has 1 aliphatic carbocycles. The van der Waals surface area contributed by atoms with Crippen LogP contribution in [0, 0.1) is 0 Å². The van der Waals surface area contributed by atoms with Gasteiger partial charge in [0.25, 0.3) is 0 Å². The van der Waals surface area contributed by atoms with Crippen molar-refractivity contribution in [3.05, 3.63) is 58.1 Å². The van der Waals surface area contributed by atoms with Gasteiger partial charge < -0.3 is 10.1 Å². The lowest BCUT2D eigenvalue weighted by Gasteiger charge is -2.40. The summed E-state index contributed by atoms with van der Waals surface area (Å²) in [6.07, 6.45) is 5.77. The van der Waals surface area contributed by atoms with Gasteiger partial charge in [0.05, 0.1) is 16.1 Å². The highest BCUT2D eigenvalue weighted by molar-refractivity contribution is 6.42. The Balaban J connectivity index is 1.67.